The molecule has 0 spiro atoms. The van der Waals surface area contributed by atoms with Gasteiger partial charge in [0.1, 0.15) is 11.5 Å². The number of ether oxygens (including phenoxy) is 3. The zero-order valence-electron chi connectivity index (χ0n) is 15.4. The summed E-state index contributed by atoms with van der Waals surface area (Å²) in [7, 11) is 1.49. The number of phenolic OH excluding ortho intramolecular Hbond substituents is 1. The summed E-state index contributed by atoms with van der Waals surface area (Å²) in [5.41, 5.74) is 1.38. The monoisotopic (exact) mass is 411 g/mol. The minimum atomic E-state index is -0.383. The minimum absolute atomic E-state index is 0.128. The van der Waals surface area contributed by atoms with Gasteiger partial charge in [-0.05, 0) is 48.1 Å². The van der Waals surface area contributed by atoms with Crippen LogP contribution in [-0.2, 0) is 6.54 Å². The van der Waals surface area contributed by atoms with Crippen molar-refractivity contribution in [2.75, 3.05) is 13.9 Å². The Kier molecular flexibility index (Phi) is 5.05. The maximum absolute atomic E-state index is 12.7. The number of ketones is 1. The Morgan fingerprint density at radius 2 is 2.10 bits per heavy atom. The lowest BCUT2D eigenvalue weighted by Crippen LogP contribution is -2.28. The number of thiocarbonyl (C=S) groups is 1. The van der Waals surface area contributed by atoms with Crippen LogP contribution < -0.4 is 19.5 Å². The van der Waals surface area contributed by atoms with Gasteiger partial charge < -0.3 is 24.6 Å². The molecule has 9 heteroatoms. The molecule has 0 saturated carbocycles. The number of carbonyl (C=O) groups is 1. The molecule has 8 nitrogen and oxygen atoms in total. The summed E-state index contributed by atoms with van der Waals surface area (Å²) in [5, 5.41) is 17.5. The average Bonchev–Trinajstić information content (AvgIpc) is 3.41. The number of nitrogens with one attached hydrogen (secondary N) is 1. The predicted octanol–water partition coefficient (Wildman–Crippen LogP) is 2.48. The normalized spacial score (nSPS) is 11.9. The molecule has 2 aromatic carbocycles. The average molecular weight is 411 g/mol. The molecule has 0 saturated heterocycles. The van der Waals surface area contributed by atoms with E-state index in [4.69, 9.17) is 26.4 Å². The second-order valence-electron chi connectivity index (χ2n) is 6.23. The Bertz CT molecular complexity index is 1100. The summed E-state index contributed by atoms with van der Waals surface area (Å²) >= 11 is 5.35. The molecule has 4 rings (SSSR count). The summed E-state index contributed by atoms with van der Waals surface area (Å²) < 4.78 is 17.2. The smallest absolute Gasteiger partial charge is 0.231 e. The van der Waals surface area contributed by atoms with Gasteiger partial charge in [-0.2, -0.15) is 5.10 Å². The number of hydrogen-bond acceptors (Lipinski definition) is 7. The number of nitrogens with zero attached hydrogens (tertiary/aromatic N) is 2. The fraction of sp³-hybridized carbons (Fsp3) is 0.150. The molecule has 0 fully saturated rings. The third-order valence-electron chi connectivity index (χ3n) is 4.38. The second kappa shape index (κ2) is 7.80. The van der Waals surface area contributed by atoms with Crippen LogP contribution >= 0.6 is 12.2 Å². The highest BCUT2D eigenvalue weighted by Crippen LogP contribution is 2.32. The van der Waals surface area contributed by atoms with Crippen molar-refractivity contribution in [3.05, 3.63) is 65.5 Å². The lowest BCUT2D eigenvalue weighted by molar-refractivity contribution is 0.103. The van der Waals surface area contributed by atoms with E-state index < -0.39 is 0 Å². The molecular formula is C20H17N3O5S. The molecule has 1 aliphatic heterocycles. The van der Waals surface area contributed by atoms with Gasteiger partial charge in [0.2, 0.25) is 6.79 Å². The van der Waals surface area contributed by atoms with Crippen molar-refractivity contribution in [1.29, 1.82) is 0 Å². The van der Waals surface area contributed by atoms with E-state index in [1.165, 1.54) is 36.3 Å². The number of hydrogen-bond donors (Lipinski definition) is 2. The molecule has 0 amide bonds. The van der Waals surface area contributed by atoms with Crippen molar-refractivity contribution in [2.24, 2.45) is 0 Å². The first-order valence-electron chi connectivity index (χ1n) is 8.68. The fourth-order valence-corrected chi connectivity index (χ4v) is 3.01. The Morgan fingerprint density at radius 3 is 2.93 bits per heavy atom. The van der Waals surface area contributed by atoms with Crippen LogP contribution in [-0.4, -0.2) is 39.7 Å². The molecule has 2 N–H and O–H groups in total. The molecule has 29 heavy (non-hydrogen) atoms. The van der Waals surface area contributed by atoms with Gasteiger partial charge in [0.25, 0.3) is 0 Å². The van der Waals surface area contributed by atoms with Gasteiger partial charge >= 0.3 is 0 Å². The summed E-state index contributed by atoms with van der Waals surface area (Å²) in [6.07, 6.45) is 2.91. The van der Waals surface area contributed by atoms with E-state index in [1.54, 1.807) is 6.07 Å². The third kappa shape index (κ3) is 3.85. The van der Waals surface area contributed by atoms with Crippen LogP contribution in [0.15, 0.2) is 48.8 Å². The summed E-state index contributed by atoms with van der Waals surface area (Å²) in [6.45, 7) is 0.673. The van der Waals surface area contributed by atoms with Crippen molar-refractivity contribution < 1.29 is 24.1 Å². The van der Waals surface area contributed by atoms with Crippen molar-refractivity contribution in [3.63, 3.8) is 0 Å². The summed E-state index contributed by atoms with van der Waals surface area (Å²) in [5.74, 6) is 1.37. The fourth-order valence-electron chi connectivity index (χ4n) is 2.84. The van der Waals surface area contributed by atoms with Crippen molar-refractivity contribution in [2.45, 2.75) is 6.54 Å². The standard InChI is InChI=1S/C20H17N3O5S/c1-26-14-3-4-16(24)15(7-14)19(25)13-9-22-23(10-13)20(29)21-8-12-2-5-17-18(6-12)28-11-27-17/h2-7,9-10,24H,8,11H2,1H3,(H,21,29). The molecule has 1 aliphatic rings. The number of methoxy groups -OCH3 is 1. The Labute approximate surface area is 171 Å². The predicted molar refractivity (Wildman–Crippen MR) is 108 cm³/mol. The maximum atomic E-state index is 12.7. The van der Waals surface area contributed by atoms with Gasteiger partial charge in [-0.15, -0.1) is 0 Å². The van der Waals surface area contributed by atoms with Crippen molar-refractivity contribution in [1.82, 2.24) is 15.1 Å². The number of aromatic nitrogens is 2. The molecule has 3 aromatic rings. The van der Waals surface area contributed by atoms with E-state index >= 15 is 0 Å². The lowest BCUT2D eigenvalue weighted by Gasteiger charge is -2.08. The number of benzene rings is 2. The van der Waals surface area contributed by atoms with Crippen LogP contribution in [0.5, 0.6) is 23.0 Å². The zero-order chi connectivity index (χ0) is 20.4. The van der Waals surface area contributed by atoms with E-state index in [0.29, 0.717) is 34.5 Å². The Morgan fingerprint density at radius 1 is 1.28 bits per heavy atom. The van der Waals surface area contributed by atoms with Crippen LogP contribution in [0.2, 0.25) is 0 Å². The summed E-state index contributed by atoms with van der Waals surface area (Å²) in [4.78, 5) is 12.7. The van der Waals surface area contributed by atoms with Gasteiger partial charge in [-0.3, -0.25) is 4.79 Å². The number of fused-ring (bicyclic) bond motifs is 1. The molecular weight excluding hydrogens is 394 g/mol. The van der Waals surface area contributed by atoms with Gasteiger partial charge in [0.05, 0.1) is 24.4 Å². The number of aromatic hydroxyl groups is 1. The highest BCUT2D eigenvalue weighted by atomic mass is 32.1. The van der Waals surface area contributed by atoms with Gasteiger partial charge in [0.15, 0.2) is 22.4 Å². The van der Waals surface area contributed by atoms with Crippen LogP contribution in [0.3, 0.4) is 0 Å². The van der Waals surface area contributed by atoms with E-state index in [1.807, 2.05) is 18.2 Å². The number of carbonyl (C=O) groups excluding carboxylic acids is 1. The largest absolute Gasteiger partial charge is 0.507 e. The van der Waals surface area contributed by atoms with Gasteiger partial charge in [-0.1, -0.05) is 6.07 Å². The van der Waals surface area contributed by atoms with Crippen LogP contribution in [0.25, 0.3) is 0 Å². The second-order valence-corrected chi connectivity index (χ2v) is 6.62. The maximum Gasteiger partial charge on any atom is 0.231 e. The SMILES string of the molecule is COc1ccc(O)c(C(=O)c2cnn(C(=S)NCc3ccc4c(c3)OCO4)c2)c1. The molecule has 1 aromatic heterocycles. The van der Waals surface area contributed by atoms with E-state index in [2.05, 4.69) is 10.4 Å². The van der Waals surface area contributed by atoms with Gasteiger partial charge in [-0.25, -0.2) is 4.68 Å². The molecule has 0 radical (unpaired) electrons. The van der Waals surface area contributed by atoms with E-state index in [9.17, 15) is 9.90 Å². The molecule has 148 valence electrons. The molecule has 0 bridgehead atoms. The van der Waals surface area contributed by atoms with Gasteiger partial charge in [0, 0.05) is 12.7 Å². The van der Waals surface area contributed by atoms with E-state index in [-0.39, 0.29) is 23.9 Å². The quantitative estimate of drug-likeness (QED) is 0.489. The Hall–Kier alpha value is -3.59. The first-order valence-corrected chi connectivity index (χ1v) is 9.09. The highest BCUT2D eigenvalue weighted by molar-refractivity contribution is 7.80. The molecule has 0 aliphatic carbocycles. The first kappa shape index (κ1) is 18.8. The van der Waals surface area contributed by atoms with E-state index in [0.717, 1.165) is 5.56 Å². The summed E-state index contributed by atoms with van der Waals surface area (Å²) in [6, 6.07) is 10.1. The zero-order valence-corrected chi connectivity index (χ0v) is 16.2. The molecule has 0 unspecified atom stereocenters. The molecule has 2 heterocycles. The minimum Gasteiger partial charge on any atom is -0.507 e. The van der Waals surface area contributed by atoms with Crippen molar-refractivity contribution >= 4 is 23.1 Å². The number of rotatable bonds is 5. The van der Waals surface area contributed by atoms with Crippen LogP contribution in [0.4, 0.5) is 0 Å². The highest BCUT2D eigenvalue weighted by Gasteiger charge is 2.18. The third-order valence-corrected chi connectivity index (χ3v) is 4.71. The van der Waals surface area contributed by atoms with Crippen molar-refractivity contribution in [3.8, 4) is 23.0 Å². The number of phenols is 1. The first-order chi connectivity index (χ1) is 14.0. The molecule has 0 atom stereocenters. The van der Waals surface area contributed by atoms with Crippen LogP contribution in [0, 0.1) is 0 Å². The van der Waals surface area contributed by atoms with Crippen LogP contribution in [0.1, 0.15) is 21.5 Å². The Balaban J connectivity index is 1.44. The topological polar surface area (TPSA) is 94.8 Å². The lowest BCUT2D eigenvalue weighted by atomic mass is 10.1.